The molecule has 1 heterocycles. The maximum Gasteiger partial charge on any atom is 0.0887 e. The molecule has 0 fully saturated rings. The van der Waals surface area contributed by atoms with Crippen LogP contribution < -0.4 is 5.32 Å². The van der Waals surface area contributed by atoms with E-state index in [4.69, 9.17) is 11.6 Å². The van der Waals surface area contributed by atoms with Crippen molar-refractivity contribution in [2.45, 2.75) is 39.5 Å². The van der Waals surface area contributed by atoms with Gasteiger partial charge in [0.25, 0.3) is 0 Å². The molecule has 4 heteroatoms. The fraction of sp³-hybridized carbons (Fsp3) is 0.692. The van der Waals surface area contributed by atoms with Crippen LogP contribution in [-0.2, 0) is 6.42 Å². The third-order valence-corrected chi connectivity index (χ3v) is 5.35. The van der Waals surface area contributed by atoms with Crippen molar-refractivity contribution in [3.63, 3.8) is 0 Å². The second-order valence-corrected chi connectivity index (χ2v) is 7.38. The molecule has 98 valence electrons. The number of rotatable bonds is 8. The first-order chi connectivity index (χ1) is 8.13. The zero-order chi connectivity index (χ0) is 12.7. The summed E-state index contributed by atoms with van der Waals surface area (Å²) >= 11 is 11.2. The van der Waals surface area contributed by atoms with Gasteiger partial charge in [-0.3, -0.25) is 0 Å². The van der Waals surface area contributed by atoms with Crippen LogP contribution in [0.5, 0.6) is 0 Å². The van der Waals surface area contributed by atoms with Gasteiger partial charge in [0.2, 0.25) is 0 Å². The lowest BCUT2D eigenvalue weighted by Crippen LogP contribution is -2.18. The van der Waals surface area contributed by atoms with Crippen LogP contribution in [0.15, 0.2) is 9.85 Å². The van der Waals surface area contributed by atoms with Crippen molar-refractivity contribution in [2.75, 3.05) is 13.1 Å². The molecule has 0 aromatic carbocycles. The fourth-order valence-corrected chi connectivity index (χ4v) is 3.53. The molecule has 0 aliphatic heterocycles. The molecular weight excluding hydrogens is 318 g/mol. The van der Waals surface area contributed by atoms with Crippen LogP contribution in [0.1, 0.15) is 38.0 Å². The van der Waals surface area contributed by atoms with Gasteiger partial charge in [-0.25, -0.2) is 0 Å². The average Bonchev–Trinajstić information content (AvgIpc) is 2.62. The van der Waals surface area contributed by atoms with Crippen molar-refractivity contribution >= 4 is 38.9 Å². The molecule has 0 aliphatic rings. The fourth-order valence-electron chi connectivity index (χ4n) is 1.70. The second-order valence-electron chi connectivity index (χ2n) is 4.52. The van der Waals surface area contributed by atoms with Gasteiger partial charge in [0, 0.05) is 4.88 Å². The molecule has 1 nitrogen and oxygen atoms in total. The highest BCUT2D eigenvalue weighted by molar-refractivity contribution is 9.11. The number of thiophene rings is 1. The minimum atomic E-state index is 0.777. The van der Waals surface area contributed by atoms with Gasteiger partial charge in [0.15, 0.2) is 0 Å². The SMILES string of the molecule is CCCNCCC(C)CCc1cc(Cl)c(Br)s1. The van der Waals surface area contributed by atoms with Crippen molar-refractivity contribution in [1.29, 1.82) is 0 Å². The highest BCUT2D eigenvalue weighted by Crippen LogP contribution is 2.33. The summed E-state index contributed by atoms with van der Waals surface area (Å²) in [4.78, 5) is 1.38. The Balaban J connectivity index is 2.17. The summed E-state index contributed by atoms with van der Waals surface area (Å²) < 4.78 is 1.06. The first-order valence-corrected chi connectivity index (χ1v) is 8.26. The Bertz CT molecular complexity index is 308. The number of hydrogen-bond donors (Lipinski definition) is 1. The van der Waals surface area contributed by atoms with Crippen LogP contribution in [0.25, 0.3) is 0 Å². The van der Waals surface area contributed by atoms with Crippen LogP contribution in [-0.4, -0.2) is 13.1 Å². The van der Waals surface area contributed by atoms with Crippen LogP contribution in [0.3, 0.4) is 0 Å². The predicted octanol–water partition coefficient (Wildman–Crippen LogP) is 5.12. The number of aryl methyl sites for hydroxylation is 1. The summed E-state index contributed by atoms with van der Waals surface area (Å²) in [6.45, 7) is 6.82. The zero-order valence-corrected chi connectivity index (χ0v) is 13.7. The Morgan fingerprint density at radius 3 is 2.76 bits per heavy atom. The summed E-state index contributed by atoms with van der Waals surface area (Å²) in [5.74, 6) is 0.777. The second kappa shape index (κ2) is 8.52. The molecule has 0 aliphatic carbocycles. The van der Waals surface area contributed by atoms with E-state index in [2.05, 4.69) is 41.2 Å². The monoisotopic (exact) mass is 337 g/mol. The molecule has 0 radical (unpaired) electrons. The summed E-state index contributed by atoms with van der Waals surface area (Å²) in [5, 5.41) is 4.30. The smallest absolute Gasteiger partial charge is 0.0887 e. The maximum absolute atomic E-state index is 6.02. The number of halogens is 2. The van der Waals surface area contributed by atoms with Gasteiger partial charge in [0.05, 0.1) is 8.81 Å². The first kappa shape index (κ1) is 15.5. The lowest BCUT2D eigenvalue weighted by atomic mass is 10.0. The Morgan fingerprint density at radius 2 is 2.18 bits per heavy atom. The number of nitrogens with one attached hydrogen (secondary N) is 1. The van der Waals surface area contributed by atoms with E-state index in [0.717, 1.165) is 34.2 Å². The average molecular weight is 339 g/mol. The van der Waals surface area contributed by atoms with Crippen LogP contribution in [0, 0.1) is 5.92 Å². The largest absolute Gasteiger partial charge is 0.317 e. The topological polar surface area (TPSA) is 12.0 Å². The van der Waals surface area contributed by atoms with Crippen LogP contribution in [0.4, 0.5) is 0 Å². The van der Waals surface area contributed by atoms with E-state index in [1.54, 1.807) is 11.3 Å². The molecule has 17 heavy (non-hydrogen) atoms. The summed E-state index contributed by atoms with van der Waals surface area (Å²) in [6.07, 6.45) is 4.87. The zero-order valence-electron chi connectivity index (χ0n) is 10.6. The molecule has 0 saturated carbocycles. The molecule has 1 rings (SSSR count). The van der Waals surface area contributed by atoms with Crippen molar-refractivity contribution < 1.29 is 0 Å². The summed E-state index contributed by atoms with van der Waals surface area (Å²) in [6, 6.07) is 2.08. The van der Waals surface area contributed by atoms with E-state index in [1.165, 1.54) is 24.1 Å². The molecule has 0 bridgehead atoms. The lowest BCUT2D eigenvalue weighted by Gasteiger charge is -2.10. The molecule has 0 saturated heterocycles. The summed E-state index contributed by atoms with van der Waals surface area (Å²) in [5.41, 5.74) is 0. The number of hydrogen-bond acceptors (Lipinski definition) is 2. The van der Waals surface area contributed by atoms with E-state index in [9.17, 15) is 0 Å². The highest BCUT2D eigenvalue weighted by Gasteiger charge is 2.07. The quantitative estimate of drug-likeness (QED) is 0.648. The van der Waals surface area contributed by atoms with Gasteiger partial charge in [-0.15, -0.1) is 11.3 Å². The van der Waals surface area contributed by atoms with Crippen molar-refractivity contribution in [3.8, 4) is 0 Å². The normalized spacial score (nSPS) is 12.9. The maximum atomic E-state index is 6.02. The molecule has 1 aromatic heterocycles. The Hall–Kier alpha value is 0.430. The Labute approximate surface area is 122 Å². The molecule has 0 amide bonds. The molecule has 1 unspecified atom stereocenters. The van der Waals surface area contributed by atoms with Gasteiger partial charge in [-0.2, -0.15) is 0 Å². The van der Waals surface area contributed by atoms with Gasteiger partial charge in [-0.05, 0) is 66.7 Å². The first-order valence-electron chi connectivity index (χ1n) is 6.28. The van der Waals surface area contributed by atoms with Crippen molar-refractivity contribution in [1.82, 2.24) is 5.32 Å². The van der Waals surface area contributed by atoms with Crippen molar-refractivity contribution in [2.24, 2.45) is 5.92 Å². The van der Waals surface area contributed by atoms with E-state index in [0.29, 0.717) is 0 Å². The molecular formula is C13H21BrClNS. The molecule has 0 spiro atoms. The van der Waals surface area contributed by atoms with Gasteiger partial charge < -0.3 is 5.32 Å². The molecule has 1 atom stereocenters. The van der Waals surface area contributed by atoms with Gasteiger partial charge >= 0.3 is 0 Å². The van der Waals surface area contributed by atoms with E-state index in [1.807, 2.05) is 0 Å². The minimum Gasteiger partial charge on any atom is -0.317 e. The van der Waals surface area contributed by atoms with E-state index in [-0.39, 0.29) is 0 Å². The third kappa shape index (κ3) is 6.23. The molecule has 1 N–H and O–H groups in total. The van der Waals surface area contributed by atoms with Crippen LogP contribution >= 0.6 is 38.9 Å². The standard InChI is InChI=1S/C13H21BrClNS/c1-3-7-16-8-6-10(2)4-5-11-9-12(15)13(14)17-11/h9-10,16H,3-8H2,1-2H3. The Kier molecular flexibility index (Phi) is 7.76. The third-order valence-electron chi connectivity index (χ3n) is 2.82. The van der Waals surface area contributed by atoms with Crippen LogP contribution in [0.2, 0.25) is 5.02 Å². The highest BCUT2D eigenvalue weighted by atomic mass is 79.9. The van der Waals surface area contributed by atoms with Gasteiger partial charge in [0.1, 0.15) is 0 Å². The van der Waals surface area contributed by atoms with E-state index >= 15 is 0 Å². The predicted molar refractivity (Wildman–Crippen MR) is 82.3 cm³/mol. The lowest BCUT2D eigenvalue weighted by molar-refractivity contribution is 0.471. The minimum absolute atomic E-state index is 0.777. The van der Waals surface area contributed by atoms with Crippen molar-refractivity contribution in [3.05, 3.63) is 19.8 Å². The molecule has 1 aromatic rings. The Morgan fingerprint density at radius 1 is 1.41 bits per heavy atom. The van der Waals surface area contributed by atoms with Gasteiger partial charge in [-0.1, -0.05) is 25.4 Å². The van der Waals surface area contributed by atoms with E-state index < -0.39 is 0 Å². The summed E-state index contributed by atoms with van der Waals surface area (Å²) in [7, 11) is 0.